The van der Waals surface area contributed by atoms with Crippen LogP contribution in [0, 0.1) is 0 Å². The van der Waals surface area contributed by atoms with E-state index in [1.807, 2.05) is 13.0 Å². The van der Waals surface area contributed by atoms with Gasteiger partial charge in [0.25, 0.3) is 0 Å². The summed E-state index contributed by atoms with van der Waals surface area (Å²) in [5, 5.41) is 0. The number of benzene rings is 1. The van der Waals surface area contributed by atoms with Gasteiger partial charge in [0.2, 0.25) is 0 Å². The highest BCUT2D eigenvalue weighted by Crippen LogP contribution is 2.26. The fourth-order valence-corrected chi connectivity index (χ4v) is 2.43. The molecule has 0 saturated heterocycles. The summed E-state index contributed by atoms with van der Waals surface area (Å²) in [6.07, 6.45) is 2.80. The van der Waals surface area contributed by atoms with Gasteiger partial charge in [-0.1, -0.05) is 44.2 Å². The highest BCUT2D eigenvalue weighted by Gasteiger charge is 2.33. The van der Waals surface area contributed by atoms with Crippen LogP contribution in [-0.4, -0.2) is 18.2 Å². The molecule has 1 aromatic carbocycles. The number of hydrogen-bond donors (Lipinski definition) is 1. The summed E-state index contributed by atoms with van der Waals surface area (Å²) in [5.41, 5.74) is 7.47. The molecule has 2 N–H and O–H groups in total. The minimum absolute atomic E-state index is 0.0554. The van der Waals surface area contributed by atoms with Crippen molar-refractivity contribution < 1.29 is 4.74 Å². The van der Waals surface area contributed by atoms with Gasteiger partial charge in [-0.05, 0) is 31.7 Å². The Bertz CT molecular complexity index is 306. The van der Waals surface area contributed by atoms with Gasteiger partial charge in [0.1, 0.15) is 0 Å². The van der Waals surface area contributed by atoms with Gasteiger partial charge in [-0.2, -0.15) is 0 Å². The highest BCUT2D eigenvalue weighted by molar-refractivity contribution is 5.17. The smallest absolute Gasteiger partial charge is 0.0830 e. The Morgan fingerprint density at radius 1 is 1.12 bits per heavy atom. The predicted molar refractivity (Wildman–Crippen MR) is 73.1 cm³/mol. The average molecular weight is 235 g/mol. The molecule has 0 aliphatic carbocycles. The van der Waals surface area contributed by atoms with Crippen molar-refractivity contribution in [2.75, 3.05) is 6.61 Å². The minimum atomic E-state index is -0.176. The second kappa shape index (κ2) is 6.77. The summed E-state index contributed by atoms with van der Waals surface area (Å²) in [6.45, 7) is 7.08. The van der Waals surface area contributed by atoms with Gasteiger partial charge in [-0.25, -0.2) is 0 Å². The van der Waals surface area contributed by atoms with Crippen molar-refractivity contribution in [3.05, 3.63) is 35.9 Å². The summed E-state index contributed by atoms with van der Waals surface area (Å²) in [5.74, 6) is 0. The molecular formula is C15H25NO. The third kappa shape index (κ3) is 3.55. The van der Waals surface area contributed by atoms with Gasteiger partial charge in [0.15, 0.2) is 0 Å². The monoisotopic (exact) mass is 235 g/mol. The Hall–Kier alpha value is -0.860. The molecule has 0 aliphatic heterocycles. The molecule has 0 aliphatic rings. The first-order valence-corrected chi connectivity index (χ1v) is 6.62. The second-order valence-corrected chi connectivity index (χ2v) is 4.50. The van der Waals surface area contributed by atoms with E-state index >= 15 is 0 Å². The van der Waals surface area contributed by atoms with Crippen molar-refractivity contribution in [1.29, 1.82) is 0 Å². The van der Waals surface area contributed by atoms with Crippen LogP contribution in [0.3, 0.4) is 0 Å². The van der Waals surface area contributed by atoms with Crippen molar-refractivity contribution in [2.45, 2.75) is 51.7 Å². The van der Waals surface area contributed by atoms with Gasteiger partial charge in [-0.3, -0.25) is 0 Å². The summed E-state index contributed by atoms with van der Waals surface area (Å²) in [7, 11) is 0. The van der Waals surface area contributed by atoms with Crippen LogP contribution < -0.4 is 5.73 Å². The predicted octanol–water partition coefficient (Wildman–Crippen LogP) is 3.15. The van der Waals surface area contributed by atoms with Crippen LogP contribution in [0.2, 0.25) is 0 Å². The van der Waals surface area contributed by atoms with Crippen LogP contribution in [0.4, 0.5) is 0 Å². The van der Waals surface area contributed by atoms with Gasteiger partial charge in [0.05, 0.1) is 5.60 Å². The van der Waals surface area contributed by atoms with E-state index in [9.17, 15) is 0 Å². The molecule has 1 unspecified atom stereocenters. The van der Waals surface area contributed by atoms with Gasteiger partial charge >= 0.3 is 0 Å². The standard InChI is InChI=1S/C15H25NO/c1-4-15(5-2,17-6-3)14(16)12-13-10-8-7-9-11-13/h7-11,14H,4-6,12,16H2,1-3H3. The Kier molecular flexibility index (Phi) is 5.66. The molecule has 1 aromatic rings. The average Bonchev–Trinajstić information content (AvgIpc) is 2.37. The molecule has 0 amide bonds. The molecule has 0 saturated carbocycles. The van der Waals surface area contributed by atoms with Gasteiger partial charge in [0, 0.05) is 12.6 Å². The van der Waals surface area contributed by atoms with E-state index in [1.165, 1.54) is 5.56 Å². The lowest BCUT2D eigenvalue weighted by molar-refractivity contribution is -0.0633. The molecule has 1 rings (SSSR count). The van der Waals surface area contributed by atoms with Crippen molar-refractivity contribution in [1.82, 2.24) is 0 Å². The van der Waals surface area contributed by atoms with Crippen LogP contribution in [0.1, 0.15) is 39.2 Å². The fourth-order valence-electron chi connectivity index (χ4n) is 2.43. The van der Waals surface area contributed by atoms with Gasteiger partial charge < -0.3 is 10.5 Å². The fraction of sp³-hybridized carbons (Fsp3) is 0.600. The number of nitrogens with two attached hydrogens (primary N) is 1. The summed E-state index contributed by atoms with van der Waals surface area (Å²) >= 11 is 0. The molecule has 0 aromatic heterocycles. The van der Waals surface area contributed by atoms with Crippen LogP contribution in [0.15, 0.2) is 30.3 Å². The second-order valence-electron chi connectivity index (χ2n) is 4.50. The SMILES string of the molecule is CCOC(CC)(CC)C(N)Cc1ccccc1. The Balaban J connectivity index is 2.75. The van der Waals surface area contributed by atoms with Gasteiger partial charge in [-0.15, -0.1) is 0 Å². The van der Waals surface area contributed by atoms with E-state index < -0.39 is 0 Å². The Morgan fingerprint density at radius 2 is 1.71 bits per heavy atom. The largest absolute Gasteiger partial charge is 0.374 e. The van der Waals surface area contributed by atoms with Crippen LogP contribution >= 0.6 is 0 Å². The molecule has 2 heteroatoms. The first kappa shape index (κ1) is 14.2. The Labute approximate surface area is 105 Å². The van der Waals surface area contributed by atoms with Crippen LogP contribution in [0.5, 0.6) is 0 Å². The number of ether oxygens (including phenoxy) is 1. The van der Waals surface area contributed by atoms with E-state index in [2.05, 4.69) is 38.1 Å². The zero-order valence-corrected chi connectivity index (χ0v) is 11.3. The minimum Gasteiger partial charge on any atom is -0.374 e. The quantitative estimate of drug-likeness (QED) is 0.788. The van der Waals surface area contributed by atoms with E-state index in [4.69, 9.17) is 10.5 Å². The first-order chi connectivity index (χ1) is 8.18. The highest BCUT2D eigenvalue weighted by atomic mass is 16.5. The third-order valence-corrected chi connectivity index (χ3v) is 3.60. The number of hydrogen-bond acceptors (Lipinski definition) is 2. The van der Waals surface area contributed by atoms with Crippen molar-refractivity contribution in [2.24, 2.45) is 5.73 Å². The lowest BCUT2D eigenvalue weighted by Gasteiger charge is -2.37. The maximum absolute atomic E-state index is 6.37. The number of rotatable bonds is 7. The summed E-state index contributed by atoms with van der Waals surface area (Å²) in [6, 6.07) is 10.5. The van der Waals surface area contributed by atoms with Crippen molar-refractivity contribution in [3.63, 3.8) is 0 Å². The van der Waals surface area contributed by atoms with Crippen LogP contribution in [0.25, 0.3) is 0 Å². The lowest BCUT2D eigenvalue weighted by Crippen LogP contribution is -2.50. The molecule has 0 heterocycles. The van der Waals surface area contributed by atoms with E-state index in [0.717, 1.165) is 25.9 Å². The van der Waals surface area contributed by atoms with E-state index in [1.54, 1.807) is 0 Å². The zero-order valence-electron chi connectivity index (χ0n) is 11.3. The maximum Gasteiger partial charge on any atom is 0.0830 e. The van der Waals surface area contributed by atoms with Crippen molar-refractivity contribution >= 4 is 0 Å². The third-order valence-electron chi connectivity index (χ3n) is 3.60. The molecule has 1 atom stereocenters. The molecule has 0 bridgehead atoms. The Morgan fingerprint density at radius 3 is 2.18 bits per heavy atom. The topological polar surface area (TPSA) is 35.2 Å². The summed E-state index contributed by atoms with van der Waals surface area (Å²) in [4.78, 5) is 0. The lowest BCUT2D eigenvalue weighted by atomic mass is 9.85. The molecule has 0 radical (unpaired) electrons. The molecular weight excluding hydrogens is 210 g/mol. The molecule has 2 nitrogen and oxygen atoms in total. The van der Waals surface area contributed by atoms with E-state index in [-0.39, 0.29) is 11.6 Å². The first-order valence-electron chi connectivity index (χ1n) is 6.62. The molecule has 96 valence electrons. The maximum atomic E-state index is 6.37. The van der Waals surface area contributed by atoms with E-state index in [0.29, 0.717) is 0 Å². The molecule has 0 fully saturated rings. The summed E-state index contributed by atoms with van der Waals surface area (Å²) < 4.78 is 5.94. The molecule has 17 heavy (non-hydrogen) atoms. The normalized spacial score (nSPS) is 13.6. The van der Waals surface area contributed by atoms with Crippen molar-refractivity contribution in [3.8, 4) is 0 Å². The van der Waals surface area contributed by atoms with Crippen LogP contribution in [-0.2, 0) is 11.2 Å². The molecule has 0 spiro atoms. The zero-order chi connectivity index (χ0) is 12.7.